The quantitative estimate of drug-likeness (QED) is 0.522. The lowest BCUT2D eigenvalue weighted by Crippen LogP contribution is -2.31. The molecule has 0 radical (unpaired) electrons. The molecule has 0 unspecified atom stereocenters. The van der Waals surface area contributed by atoms with Crippen LogP contribution in [0.4, 0.5) is 18.9 Å². The first-order chi connectivity index (χ1) is 15.1. The van der Waals surface area contributed by atoms with Gasteiger partial charge in [0.1, 0.15) is 12.1 Å². The van der Waals surface area contributed by atoms with Crippen LogP contribution in [0, 0.1) is 13.8 Å². The number of rotatable bonds is 4. The van der Waals surface area contributed by atoms with Crippen LogP contribution in [-0.4, -0.2) is 25.5 Å². The van der Waals surface area contributed by atoms with Gasteiger partial charge >= 0.3 is 6.18 Å². The molecule has 7 nitrogen and oxygen atoms in total. The number of anilines is 1. The molecule has 4 rings (SSSR count). The van der Waals surface area contributed by atoms with E-state index >= 15 is 0 Å². The third kappa shape index (κ3) is 3.98. The Hall–Kier alpha value is -3.95. The summed E-state index contributed by atoms with van der Waals surface area (Å²) in [6, 6.07) is 11.5. The first kappa shape index (κ1) is 21.3. The standard InChI is InChI=1S/C22H18F3N5O2/c1-13-5-3-4-6-18(13)30-20-17(11-26-30)14(2)28-29(21(20)32)12-19(31)27-16-9-7-15(8-10-16)22(23,24)25/h3-11H,12H2,1-2H3,(H,27,31). The Balaban J connectivity index is 1.64. The number of alkyl halides is 3. The average Bonchev–Trinajstić information content (AvgIpc) is 3.17. The normalized spacial score (nSPS) is 11.7. The number of amides is 1. The highest BCUT2D eigenvalue weighted by atomic mass is 19.4. The van der Waals surface area contributed by atoms with Gasteiger partial charge in [0, 0.05) is 11.1 Å². The second kappa shape index (κ2) is 7.95. The van der Waals surface area contributed by atoms with Crippen molar-refractivity contribution in [2.45, 2.75) is 26.6 Å². The number of carbonyl (C=O) groups excluding carboxylic acids is 1. The van der Waals surface area contributed by atoms with Crippen molar-refractivity contribution in [3.05, 3.63) is 81.9 Å². The number of aryl methyl sites for hydroxylation is 2. The number of carbonyl (C=O) groups is 1. The summed E-state index contributed by atoms with van der Waals surface area (Å²) in [7, 11) is 0. The van der Waals surface area contributed by atoms with Crippen LogP contribution in [-0.2, 0) is 17.5 Å². The number of nitrogens with zero attached hydrogens (tertiary/aromatic N) is 4. The first-order valence-electron chi connectivity index (χ1n) is 9.63. The summed E-state index contributed by atoms with van der Waals surface area (Å²) in [6.45, 7) is 3.19. The molecule has 10 heteroatoms. The molecule has 32 heavy (non-hydrogen) atoms. The molecule has 0 saturated heterocycles. The number of hydrogen-bond donors (Lipinski definition) is 1. The SMILES string of the molecule is Cc1ccccc1-n1ncc2c(C)nn(CC(=O)Nc3ccc(C(F)(F)F)cc3)c(=O)c21. The maximum atomic E-state index is 13.1. The lowest BCUT2D eigenvalue weighted by molar-refractivity contribution is -0.137. The second-order valence-electron chi connectivity index (χ2n) is 7.28. The van der Waals surface area contributed by atoms with E-state index in [1.165, 1.54) is 4.68 Å². The molecule has 0 spiro atoms. The maximum absolute atomic E-state index is 13.1. The molecule has 0 saturated carbocycles. The van der Waals surface area contributed by atoms with Crippen molar-refractivity contribution in [2.24, 2.45) is 0 Å². The number of hydrogen-bond acceptors (Lipinski definition) is 4. The highest BCUT2D eigenvalue weighted by Gasteiger charge is 2.30. The topological polar surface area (TPSA) is 81.8 Å². The molecule has 1 amide bonds. The van der Waals surface area contributed by atoms with Gasteiger partial charge in [-0.3, -0.25) is 9.59 Å². The Morgan fingerprint density at radius 1 is 1.06 bits per heavy atom. The predicted octanol–water partition coefficient (Wildman–Crippen LogP) is 3.86. The second-order valence-corrected chi connectivity index (χ2v) is 7.28. The molecule has 0 bridgehead atoms. The molecule has 2 aromatic heterocycles. The smallest absolute Gasteiger partial charge is 0.324 e. The summed E-state index contributed by atoms with van der Waals surface area (Å²) >= 11 is 0. The zero-order valence-corrected chi connectivity index (χ0v) is 17.1. The van der Waals surface area contributed by atoms with Crippen molar-refractivity contribution >= 4 is 22.5 Å². The van der Waals surface area contributed by atoms with Gasteiger partial charge in [0.2, 0.25) is 5.91 Å². The zero-order chi connectivity index (χ0) is 23.0. The molecule has 0 aliphatic rings. The molecule has 1 N–H and O–H groups in total. The van der Waals surface area contributed by atoms with Crippen molar-refractivity contribution < 1.29 is 18.0 Å². The minimum atomic E-state index is -4.47. The lowest BCUT2D eigenvalue weighted by atomic mass is 10.2. The van der Waals surface area contributed by atoms with Crippen molar-refractivity contribution in [1.82, 2.24) is 19.6 Å². The molecule has 2 aromatic carbocycles. The highest BCUT2D eigenvalue weighted by molar-refractivity contribution is 5.90. The molecule has 0 fully saturated rings. The van der Waals surface area contributed by atoms with Crippen LogP contribution in [0.5, 0.6) is 0 Å². The van der Waals surface area contributed by atoms with Crippen molar-refractivity contribution in [3.63, 3.8) is 0 Å². The predicted molar refractivity (Wildman–Crippen MR) is 113 cm³/mol. The first-order valence-corrected chi connectivity index (χ1v) is 9.63. The summed E-state index contributed by atoms with van der Waals surface area (Å²) in [6.07, 6.45) is -2.91. The van der Waals surface area contributed by atoms with Gasteiger partial charge in [0.25, 0.3) is 5.56 Å². The molecule has 164 valence electrons. The van der Waals surface area contributed by atoms with E-state index in [2.05, 4.69) is 15.5 Å². The number of benzene rings is 2. The molecular weight excluding hydrogens is 423 g/mol. The molecule has 2 heterocycles. The number of aromatic nitrogens is 4. The summed E-state index contributed by atoms with van der Waals surface area (Å²) < 4.78 is 40.6. The minimum absolute atomic E-state index is 0.179. The van der Waals surface area contributed by atoms with Crippen molar-refractivity contribution in [2.75, 3.05) is 5.32 Å². The molecule has 0 atom stereocenters. The van der Waals surface area contributed by atoms with Crippen LogP contribution in [0.3, 0.4) is 0 Å². The van der Waals surface area contributed by atoms with Crippen LogP contribution in [0.2, 0.25) is 0 Å². The van der Waals surface area contributed by atoms with E-state index in [0.29, 0.717) is 11.1 Å². The van der Waals surface area contributed by atoms with Crippen LogP contribution >= 0.6 is 0 Å². The Morgan fingerprint density at radius 3 is 2.41 bits per heavy atom. The monoisotopic (exact) mass is 441 g/mol. The van der Waals surface area contributed by atoms with Gasteiger partial charge in [-0.05, 0) is 49.7 Å². The van der Waals surface area contributed by atoms with Gasteiger partial charge in [0.15, 0.2) is 0 Å². The third-order valence-corrected chi connectivity index (χ3v) is 5.00. The maximum Gasteiger partial charge on any atom is 0.416 e. The third-order valence-electron chi connectivity index (χ3n) is 5.00. The Bertz CT molecular complexity index is 1370. The highest BCUT2D eigenvalue weighted by Crippen LogP contribution is 2.29. The number of para-hydroxylation sites is 1. The summed E-state index contributed by atoms with van der Waals surface area (Å²) in [5.41, 5.74) is 1.30. The number of nitrogens with one attached hydrogen (secondary N) is 1. The Labute approximate surface area is 180 Å². The van der Waals surface area contributed by atoms with Crippen LogP contribution in [0.1, 0.15) is 16.8 Å². The number of halogens is 3. The van der Waals surface area contributed by atoms with Crippen LogP contribution in [0.25, 0.3) is 16.6 Å². The summed E-state index contributed by atoms with van der Waals surface area (Å²) in [5, 5.41) is 11.6. The van der Waals surface area contributed by atoms with E-state index in [-0.39, 0.29) is 11.2 Å². The fourth-order valence-electron chi connectivity index (χ4n) is 3.39. The largest absolute Gasteiger partial charge is 0.416 e. The summed E-state index contributed by atoms with van der Waals surface area (Å²) in [4.78, 5) is 25.6. The van der Waals surface area contributed by atoms with Gasteiger partial charge in [-0.15, -0.1) is 0 Å². The average molecular weight is 441 g/mol. The van der Waals surface area contributed by atoms with Crippen LogP contribution < -0.4 is 10.9 Å². The minimum Gasteiger partial charge on any atom is -0.324 e. The van der Waals surface area contributed by atoms with Gasteiger partial charge in [-0.25, -0.2) is 9.36 Å². The Kier molecular flexibility index (Phi) is 5.29. The van der Waals surface area contributed by atoms with Crippen molar-refractivity contribution in [3.8, 4) is 5.69 Å². The van der Waals surface area contributed by atoms with E-state index in [4.69, 9.17) is 0 Å². The van der Waals surface area contributed by atoms with E-state index in [0.717, 1.165) is 40.2 Å². The number of fused-ring (bicyclic) bond motifs is 1. The zero-order valence-electron chi connectivity index (χ0n) is 17.1. The lowest BCUT2D eigenvalue weighted by Gasteiger charge is -2.11. The van der Waals surface area contributed by atoms with E-state index in [1.54, 1.807) is 13.1 Å². The van der Waals surface area contributed by atoms with Crippen LogP contribution in [0.15, 0.2) is 59.5 Å². The van der Waals surface area contributed by atoms with Gasteiger partial charge in [-0.1, -0.05) is 18.2 Å². The fraction of sp³-hybridized carbons (Fsp3) is 0.182. The molecule has 0 aliphatic heterocycles. The van der Waals surface area contributed by atoms with Gasteiger partial charge < -0.3 is 5.32 Å². The molecule has 0 aliphatic carbocycles. The molecular formula is C22H18F3N5O2. The molecule has 4 aromatic rings. The summed E-state index contributed by atoms with van der Waals surface area (Å²) in [5.74, 6) is -0.597. The van der Waals surface area contributed by atoms with Gasteiger partial charge in [-0.2, -0.15) is 23.4 Å². The van der Waals surface area contributed by atoms with Gasteiger partial charge in [0.05, 0.1) is 23.1 Å². The van der Waals surface area contributed by atoms with E-state index in [1.807, 2.05) is 31.2 Å². The van der Waals surface area contributed by atoms with Crippen molar-refractivity contribution in [1.29, 1.82) is 0 Å². The van der Waals surface area contributed by atoms with E-state index in [9.17, 15) is 22.8 Å². The fourth-order valence-corrected chi connectivity index (χ4v) is 3.39. The van der Waals surface area contributed by atoms with E-state index < -0.39 is 29.8 Å². The Morgan fingerprint density at radius 2 is 1.75 bits per heavy atom.